The molecule has 1 aliphatic rings. The SMILES string of the molecule is CN(C)CC1CC(O)CN1c1ccc(N)cc1Br. The van der Waals surface area contributed by atoms with E-state index in [1.165, 1.54) is 0 Å². The average Bonchev–Trinajstić information content (AvgIpc) is 2.58. The van der Waals surface area contributed by atoms with Crippen LogP contribution in [-0.4, -0.2) is 49.3 Å². The highest BCUT2D eigenvalue weighted by atomic mass is 79.9. The van der Waals surface area contributed by atoms with Crippen LogP contribution >= 0.6 is 15.9 Å². The number of hydrogen-bond acceptors (Lipinski definition) is 4. The van der Waals surface area contributed by atoms with Crippen LogP contribution < -0.4 is 10.6 Å². The van der Waals surface area contributed by atoms with E-state index >= 15 is 0 Å². The monoisotopic (exact) mass is 313 g/mol. The molecule has 0 bridgehead atoms. The van der Waals surface area contributed by atoms with Crippen molar-refractivity contribution < 1.29 is 5.11 Å². The molecule has 100 valence electrons. The van der Waals surface area contributed by atoms with Gasteiger partial charge >= 0.3 is 0 Å². The first-order valence-electron chi connectivity index (χ1n) is 6.12. The van der Waals surface area contributed by atoms with Gasteiger partial charge in [-0.25, -0.2) is 0 Å². The minimum Gasteiger partial charge on any atom is -0.399 e. The maximum atomic E-state index is 9.89. The summed E-state index contributed by atoms with van der Waals surface area (Å²) in [5, 5.41) is 9.89. The normalized spacial score (nSPS) is 23.9. The Morgan fingerprint density at radius 2 is 2.22 bits per heavy atom. The van der Waals surface area contributed by atoms with Gasteiger partial charge in [0.05, 0.1) is 11.8 Å². The molecule has 1 saturated heterocycles. The average molecular weight is 314 g/mol. The van der Waals surface area contributed by atoms with Crippen LogP contribution in [-0.2, 0) is 0 Å². The quantitative estimate of drug-likeness (QED) is 0.831. The third kappa shape index (κ3) is 2.96. The van der Waals surface area contributed by atoms with Crippen molar-refractivity contribution in [2.45, 2.75) is 18.6 Å². The topological polar surface area (TPSA) is 52.7 Å². The zero-order chi connectivity index (χ0) is 13.3. The van der Waals surface area contributed by atoms with Crippen molar-refractivity contribution in [3.63, 3.8) is 0 Å². The minimum absolute atomic E-state index is 0.251. The lowest BCUT2D eigenvalue weighted by atomic mass is 10.2. The molecular weight excluding hydrogens is 294 g/mol. The van der Waals surface area contributed by atoms with E-state index in [2.05, 4.69) is 39.8 Å². The Kier molecular flexibility index (Phi) is 4.14. The lowest BCUT2D eigenvalue weighted by Gasteiger charge is -2.29. The minimum atomic E-state index is -0.251. The summed E-state index contributed by atoms with van der Waals surface area (Å²) >= 11 is 3.55. The van der Waals surface area contributed by atoms with E-state index in [1.54, 1.807) is 0 Å². The molecule has 0 radical (unpaired) electrons. The number of β-amino-alcohol motifs (C(OH)–C–C–N with tert-alkyl or cyclic N) is 1. The highest BCUT2D eigenvalue weighted by Gasteiger charge is 2.32. The van der Waals surface area contributed by atoms with Gasteiger partial charge < -0.3 is 20.6 Å². The summed E-state index contributed by atoms with van der Waals surface area (Å²) in [5.41, 5.74) is 7.61. The van der Waals surface area contributed by atoms with Crippen molar-refractivity contribution in [1.82, 2.24) is 4.90 Å². The molecule has 1 aliphatic heterocycles. The smallest absolute Gasteiger partial charge is 0.0735 e. The van der Waals surface area contributed by atoms with Gasteiger partial charge in [0.1, 0.15) is 0 Å². The van der Waals surface area contributed by atoms with Gasteiger partial charge in [0.15, 0.2) is 0 Å². The molecular formula is C13H20BrN3O. The maximum Gasteiger partial charge on any atom is 0.0735 e. The number of halogens is 1. The number of aliphatic hydroxyl groups excluding tert-OH is 1. The van der Waals surface area contributed by atoms with Gasteiger partial charge in [-0.1, -0.05) is 0 Å². The summed E-state index contributed by atoms with van der Waals surface area (Å²) in [7, 11) is 4.11. The molecule has 1 heterocycles. The van der Waals surface area contributed by atoms with E-state index in [1.807, 2.05) is 18.2 Å². The number of likely N-dealkylation sites (N-methyl/N-ethyl adjacent to an activating group) is 1. The lowest BCUT2D eigenvalue weighted by Crippen LogP contribution is -2.37. The van der Waals surface area contributed by atoms with Crippen LogP contribution in [0, 0.1) is 0 Å². The molecule has 0 amide bonds. The zero-order valence-electron chi connectivity index (χ0n) is 10.8. The van der Waals surface area contributed by atoms with Gasteiger partial charge in [0, 0.05) is 29.3 Å². The van der Waals surface area contributed by atoms with Gasteiger partial charge in [-0.15, -0.1) is 0 Å². The van der Waals surface area contributed by atoms with Crippen molar-refractivity contribution >= 4 is 27.3 Å². The molecule has 2 rings (SSSR count). The van der Waals surface area contributed by atoms with Crippen LogP contribution in [0.4, 0.5) is 11.4 Å². The van der Waals surface area contributed by atoms with Gasteiger partial charge in [0.2, 0.25) is 0 Å². The third-order valence-corrected chi connectivity index (χ3v) is 3.88. The predicted molar refractivity (Wildman–Crippen MR) is 78.9 cm³/mol. The molecule has 0 spiro atoms. The second-order valence-corrected chi connectivity index (χ2v) is 6.02. The first-order valence-corrected chi connectivity index (χ1v) is 6.91. The number of nitrogens with zero attached hydrogens (tertiary/aromatic N) is 2. The Morgan fingerprint density at radius 3 is 2.83 bits per heavy atom. The van der Waals surface area contributed by atoms with Crippen molar-refractivity contribution in [3.8, 4) is 0 Å². The lowest BCUT2D eigenvalue weighted by molar-refractivity contribution is 0.191. The Hall–Kier alpha value is -0.780. The van der Waals surface area contributed by atoms with Gasteiger partial charge in [-0.3, -0.25) is 0 Å². The fraction of sp³-hybridized carbons (Fsp3) is 0.538. The molecule has 2 atom stereocenters. The van der Waals surface area contributed by atoms with E-state index < -0.39 is 0 Å². The third-order valence-electron chi connectivity index (χ3n) is 3.25. The molecule has 1 aromatic rings. The summed E-state index contributed by atoms with van der Waals surface area (Å²) in [5.74, 6) is 0. The molecule has 18 heavy (non-hydrogen) atoms. The summed E-state index contributed by atoms with van der Waals surface area (Å²) in [6.45, 7) is 1.62. The standard InChI is InChI=1S/C13H20BrN3O/c1-16(2)7-10-6-11(18)8-17(10)13-4-3-9(15)5-12(13)14/h3-5,10-11,18H,6-8,15H2,1-2H3. The van der Waals surface area contributed by atoms with Crippen LogP contribution in [0.15, 0.2) is 22.7 Å². The molecule has 3 N–H and O–H groups in total. The first-order chi connectivity index (χ1) is 8.47. The summed E-state index contributed by atoms with van der Waals surface area (Å²) in [6, 6.07) is 6.17. The fourth-order valence-corrected chi connectivity index (χ4v) is 3.16. The highest BCUT2D eigenvalue weighted by Crippen LogP contribution is 2.33. The van der Waals surface area contributed by atoms with Crippen LogP contribution in [0.25, 0.3) is 0 Å². The predicted octanol–water partition coefficient (Wildman–Crippen LogP) is 1.53. The van der Waals surface area contributed by atoms with E-state index in [-0.39, 0.29) is 6.10 Å². The molecule has 2 unspecified atom stereocenters. The molecule has 4 nitrogen and oxygen atoms in total. The summed E-state index contributed by atoms with van der Waals surface area (Å²) in [6.07, 6.45) is 0.564. The van der Waals surface area contributed by atoms with E-state index in [0.717, 1.165) is 28.8 Å². The summed E-state index contributed by atoms with van der Waals surface area (Å²) in [4.78, 5) is 4.41. The number of hydrogen-bond donors (Lipinski definition) is 2. The Balaban J connectivity index is 2.24. The molecule has 0 saturated carbocycles. The number of aliphatic hydroxyl groups is 1. The van der Waals surface area contributed by atoms with E-state index in [4.69, 9.17) is 5.73 Å². The number of nitrogens with two attached hydrogens (primary N) is 1. The second kappa shape index (κ2) is 5.47. The number of benzene rings is 1. The van der Waals surface area contributed by atoms with Crippen molar-refractivity contribution in [2.75, 3.05) is 37.8 Å². The second-order valence-electron chi connectivity index (χ2n) is 5.17. The molecule has 0 aromatic heterocycles. The number of rotatable bonds is 3. The summed E-state index contributed by atoms with van der Waals surface area (Å²) < 4.78 is 0.986. The Labute approximate surface area is 117 Å². The van der Waals surface area contributed by atoms with Crippen molar-refractivity contribution in [1.29, 1.82) is 0 Å². The Morgan fingerprint density at radius 1 is 1.50 bits per heavy atom. The molecule has 1 fully saturated rings. The van der Waals surface area contributed by atoms with Crippen LogP contribution in [0.5, 0.6) is 0 Å². The largest absolute Gasteiger partial charge is 0.399 e. The van der Waals surface area contributed by atoms with Crippen molar-refractivity contribution in [2.24, 2.45) is 0 Å². The number of nitrogen functional groups attached to an aromatic ring is 1. The molecule has 0 aliphatic carbocycles. The van der Waals surface area contributed by atoms with Gasteiger partial charge in [-0.2, -0.15) is 0 Å². The number of anilines is 2. The fourth-order valence-electron chi connectivity index (χ4n) is 2.54. The van der Waals surface area contributed by atoms with E-state index in [0.29, 0.717) is 12.6 Å². The van der Waals surface area contributed by atoms with Gasteiger partial charge in [-0.05, 0) is 54.6 Å². The van der Waals surface area contributed by atoms with Crippen LogP contribution in [0.1, 0.15) is 6.42 Å². The highest BCUT2D eigenvalue weighted by molar-refractivity contribution is 9.10. The van der Waals surface area contributed by atoms with Crippen molar-refractivity contribution in [3.05, 3.63) is 22.7 Å². The first kappa shape index (κ1) is 13.6. The zero-order valence-corrected chi connectivity index (χ0v) is 12.4. The Bertz CT molecular complexity index is 425. The molecule has 5 heteroatoms. The van der Waals surface area contributed by atoms with Gasteiger partial charge in [0.25, 0.3) is 0 Å². The maximum absolute atomic E-state index is 9.89. The molecule has 1 aromatic carbocycles. The van der Waals surface area contributed by atoms with E-state index in [9.17, 15) is 5.11 Å². The van der Waals surface area contributed by atoms with Crippen LogP contribution in [0.3, 0.4) is 0 Å². The van der Waals surface area contributed by atoms with Crippen LogP contribution in [0.2, 0.25) is 0 Å².